The second kappa shape index (κ2) is 11.4. The van der Waals surface area contributed by atoms with Crippen molar-refractivity contribution >= 4 is 33.7 Å². The Kier molecular flexibility index (Phi) is 9.10. The van der Waals surface area contributed by atoms with Gasteiger partial charge in [-0.05, 0) is 25.7 Å². The van der Waals surface area contributed by atoms with Crippen LogP contribution in [0.4, 0.5) is 0 Å². The second-order valence-electron chi connectivity index (χ2n) is 10.8. The minimum atomic E-state index is -1.14. The molecule has 0 aromatic rings. The summed E-state index contributed by atoms with van der Waals surface area (Å²) < 4.78 is 6.60. The van der Waals surface area contributed by atoms with Gasteiger partial charge in [0.2, 0.25) is 17.7 Å². The van der Waals surface area contributed by atoms with Crippen molar-refractivity contribution in [2.24, 2.45) is 17.8 Å². The van der Waals surface area contributed by atoms with Crippen molar-refractivity contribution in [3.63, 3.8) is 0 Å². The summed E-state index contributed by atoms with van der Waals surface area (Å²) >= 11 is 3.71. The molecule has 36 heavy (non-hydrogen) atoms. The third-order valence-electron chi connectivity index (χ3n) is 8.19. The largest absolute Gasteiger partial charge is 0.394 e. The van der Waals surface area contributed by atoms with Gasteiger partial charge in [-0.3, -0.25) is 14.4 Å². The number of aliphatic hydroxyl groups is 1. The molecule has 0 aromatic carbocycles. The van der Waals surface area contributed by atoms with E-state index < -0.39 is 35.6 Å². The number of hydrogen-bond donors (Lipinski definition) is 1. The Labute approximate surface area is 223 Å². The number of hydrogen-bond acceptors (Lipinski definition) is 5. The zero-order valence-electron chi connectivity index (χ0n) is 22.2. The lowest BCUT2D eigenvalue weighted by Crippen LogP contribution is -2.61. The van der Waals surface area contributed by atoms with Crippen LogP contribution >= 0.6 is 15.9 Å². The van der Waals surface area contributed by atoms with Crippen molar-refractivity contribution in [1.82, 2.24) is 14.7 Å². The van der Waals surface area contributed by atoms with E-state index in [1.807, 2.05) is 20.8 Å². The number of ether oxygens (including phenoxy) is 1. The third kappa shape index (κ3) is 4.56. The van der Waals surface area contributed by atoms with Crippen LogP contribution in [0.25, 0.3) is 0 Å². The first kappa shape index (κ1) is 28.9. The van der Waals surface area contributed by atoms with Gasteiger partial charge in [0, 0.05) is 31.0 Å². The van der Waals surface area contributed by atoms with E-state index in [1.165, 1.54) is 0 Å². The van der Waals surface area contributed by atoms with Crippen LogP contribution in [0.5, 0.6) is 0 Å². The quantitative estimate of drug-likeness (QED) is 0.289. The summed E-state index contributed by atoms with van der Waals surface area (Å²) in [5.74, 6) is -2.28. The lowest BCUT2D eigenvalue weighted by Gasteiger charge is -2.42. The highest BCUT2D eigenvalue weighted by atomic mass is 79.9. The summed E-state index contributed by atoms with van der Waals surface area (Å²) in [6, 6.07) is -1.56. The molecule has 3 aliphatic heterocycles. The molecule has 9 heteroatoms. The van der Waals surface area contributed by atoms with Crippen LogP contribution in [0.2, 0.25) is 0 Å². The molecule has 8 nitrogen and oxygen atoms in total. The number of carbonyl (C=O) groups is 3. The number of likely N-dealkylation sites (N-methyl/N-ethyl adjacent to an activating group) is 1. The minimum Gasteiger partial charge on any atom is -0.394 e. The summed E-state index contributed by atoms with van der Waals surface area (Å²) in [5, 5.41) is 10.4. The molecule has 202 valence electrons. The Hall–Kier alpha value is -1.71. The van der Waals surface area contributed by atoms with Crippen LogP contribution in [-0.4, -0.2) is 98.9 Å². The highest BCUT2D eigenvalue weighted by Crippen LogP contribution is 2.61. The number of fused-ring (bicyclic) bond motifs is 1. The number of nitrogens with zero attached hydrogens (tertiary/aromatic N) is 3. The molecule has 8 atom stereocenters. The van der Waals surface area contributed by atoms with Gasteiger partial charge in [-0.1, -0.05) is 55.3 Å². The summed E-state index contributed by atoms with van der Waals surface area (Å²) in [6.45, 7) is 15.9. The van der Waals surface area contributed by atoms with Crippen molar-refractivity contribution in [3.8, 4) is 0 Å². The van der Waals surface area contributed by atoms with Crippen LogP contribution in [0.1, 0.15) is 47.0 Å². The molecule has 1 N–H and O–H groups in total. The molecule has 3 fully saturated rings. The van der Waals surface area contributed by atoms with Crippen LogP contribution in [0.3, 0.4) is 0 Å². The second-order valence-corrected chi connectivity index (χ2v) is 12.0. The van der Waals surface area contributed by atoms with Crippen LogP contribution < -0.4 is 0 Å². The smallest absolute Gasteiger partial charge is 0.248 e. The fraction of sp³-hybridized carbons (Fsp3) is 0.741. The van der Waals surface area contributed by atoms with Gasteiger partial charge in [-0.25, -0.2) is 0 Å². The topological polar surface area (TPSA) is 90.4 Å². The molecule has 1 spiro atoms. The lowest BCUT2D eigenvalue weighted by molar-refractivity contribution is -0.154. The lowest BCUT2D eigenvalue weighted by atomic mass is 9.70. The maximum Gasteiger partial charge on any atom is 0.248 e. The fourth-order valence-corrected chi connectivity index (χ4v) is 7.44. The Bertz CT molecular complexity index is 881. The Morgan fingerprint density at radius 1 is 1.25 bits per heavy atom. The van der Waals surface area contributed by atoms with Crippen LogP contribution in [0, 0.1) is 17.8 Å². The number of likely N-dealkylation sites (tertiary alicyclic amines) is 1. The molecule has 0 aliphatic carbocycles. The Morgan fingerprint density at radius 2 is 1.89 bits per heavy atom. The van der Waals surface area contributed by atoms with Gasteiger partial charge < -0.3 is 24.5 Å². The summed E-state index contributed by atoms with van der Waals surface area (Å²) in [5.41, 5.74) is -1.14. The van der Waals surface area contributed by atoms with Gasteiger partial charge in [-0.15, -0.1) is 13.2 Å². The molecule has 3 heterocycles. The number of halogens is 1. The Balaban J connectivity index is 2.15. The third-order valence-corrected chi connectivity index (χ3v) is 9.03. The van der Waals surface area contributed by atoms with E-state index in [9.17, 15) is 19.5 Å². The van der Waals surface area contributed by atoms with Gasteiger partial charge in [0.1, 0.15) is 11.6 Å². The average molecular weight is 569 g/mol. The van der Waals surface area contributed by atoms with E-state index in [2.05, 4.69) is 36.0 Å². The minimum absolute atomic E-state index is 0.0611. The van der Waals surface area contributed by atoms with E-state index in [-0.39, 0.29) is 41.1 Å². The van der Waals surface area contributed by atoms with Crippen LogP contribution in [0.15, 0.2) is 25.3 Å². The number of amides is 3. The van der Waals surface area contributed by atoms with Gasteiger partial charge in [-0.2, -0.15) is 0 Å². The predicted octanol–water partition coefficient (Wildman–Crippen LogP) is 2.60. The van der Waals surface area contributed by atoms with Crippen LogP contribution in [-0.2, 0) is 19.1 Å². The van der Waals surface area contributed by atoms with E-state index >= 15 is 0 Å². The molecular weight excluding hydrogens is 526 g/mol. The summed E-state index contributed by atoms with van der Waals surface area (Å²) in [7, 11) is 1.69. The number of rotatable bonds is 12. The van der Waals surface area contributed by atoms with Crippen molar-refractivity contribution in [1.29, 1.82) is 0 Å². The van der Waals surface area contributed by atoms with Gasteiger partial charge in [0.25, 0.3) is 0 Å². The van der Waals surface area contributed by atoms with Crippen molar-refractivity contribution in [2.45, 2.75) is 81.6 Å². The molecular formula is C27H42BrN3O5. The Morgan fingerprint density at radius 3 is 2.42 bits per heavy atom. The molecule has 0 aromatic heterocycles. The SMILES string of the molecule is C=CCN(C)C(=O)[C@H]1[C@@H]2OC3(CC2Br)C(C(=O)N(CC=C)C(C)CCC)N([C@@H](CO)C(C)C)C(=O)[C@H]13. The van der Waals surface area contributed by atoms with Crippen molar-refractivity contribution < 1.29 is 24.2 Å². The number of carbonyl (C=O) groups excluding carboxylic acids is 3. The molecule has 0 radical (unpaired) electrons. The first-order valence-corrected chi connectivity index (χ1v) is 14.0. The normalized spacial score (nSPS) is 32.4. The molecule has 3 rings (SSSR count). The zero-order chi connectivity index (χ0) is 26.9. The molecule has 3 aliphatic rings. The average Bonchev–Trinajstić information content (AvgIpc) is 3.41. The highest BCUT2D eigenvalue weighted by molar-refractivity contribution is 9.09. The number of alkyl halides is 1. The maximum atomic E-state index is 14.4. The first-order valence-electron chi connectivity index (χ1n) is 13.0. The molecule has 4 unspecified atom stereocenters. The van der Waals surface area contributed by atoms with E-state index in [1.54, 1.807) is 33.9 Å². The predicted molar refractivity (Wildman–Crippen MR) is 142 cm³/mol. The maximum absolute atomic E-state index is 14.4. The van der Waals surface area contributed by atoms with Gasteiger partial charge in [0.05, 0.1) is 30.6 Å². The van der Waals surface area contributed by atoms with E-state index in [0.717, 1.165) is 12.8 Å². The fourth-order valence-electron chi connectivity index (χ4n) is 6.50. The monoisotopic (exact) mass is 567 g/mol. The number of aliphatic hydroxyl groups excluding tert-OH is 1. The zero-order valence-corrected chi connectivity index (χ0v) is 23.8. The van der Waals surface area contributed by atoms with E-state index in [0.29, 0.717) is 19.5 Å². The molecule has 2 bridgehead atoms. The highest BCUT2D eigenvalue weighted by Gasteiger charge is 2.77. The first-order chi connectivity index (χ1) is 17.0. The summed E-state index contributed by atoms with van der Waals surface area (Å²) in [6.07, 6.45) is 4.99. The molecule has 3 saturated heterocycles. The van der Waals surface area contributed by atoms with Crippen molar-refractivity contribution in [3.05, 3.63) is 25.3 Å². The molecule has 0 saturated carbocycles. The standard InChI is InChI=1S/C27H42BrN3O5/c1-8-11-17(6)30(13-10-3)26(35)23-27-14-18(28)22(36-27)20(24(33)29(7)12-9-2)21(27)25(34)31(23)19(15-32)16(4)5/h9-10,16-23,32H,2-3,8,11-15H2,1,4-7H3/t17?,18?,19-,20+,21-,22+,23?,27?/m0/s1. The van der Waals surface area contributed by atoms with E-state index in [4.69, 9.17) is 4.74 Å². The van der Waals surface area contributed by atoms with Gasteiger partial charge >= 0.3 is 0 Å². The summed E-state index contributed by atoms with van der Waals surface area (Å²) in [4.78, 5) is 46.9. The molecule has 3 amide bonds. The van der Waals surface area contributed by atoms with Crippen molar-refractivity contribution in [2.75, 3.05) is 26.7 Å². The van der Waals surface area contributed by atoms with Gasteiger partial charge in [0.15, 0.2) is 0 Å².